The van der Waals surface area contributed by atoms with Crippen LogP contribution in [0.15, 0.2) is 18.2 Å². The van der Waals surface area contributed by atoms with Crippen LogP contribution >= 0.6 is 0 Å². The van der Waals surface area contributed by atoms with E-state index in [0.717, 1.165) is 18.4 Å². The summed E-state index contributed by atoms with van der Waals surface area (Å²) in [7, 11) is 1.70. The molecule has 0 unspecified atom stereocenters. The van der Waals surface area contributed by atoms with Gasteiger partial charge in [0.15, 0.2) is 0 Å². The normalized spacial score (nSPS) is 22.9. The molecule has 1 aliphatic carbocycles. The summed E-state index contributed by atoms with van der Waals surface area (Å²) in [4.78, 5) is 12.0. The van der Waals surface area contributed by atoms with Gasteiger partial charge in [-0.1, -0.05) is 6.07 Å². The number of ether oxygens (including phenoxy) is 1. The molecule has 0 atom stereocenters. The molecule has 0 saturated heterocycles. The van der Waals surface area contributed by atoms with Gasteiger partial charge in [0.25, 0.3) is 5.91 Å². The third kappa shape index (κ3) is 2.42. The number of nitrogen functional groups attached to an aromatic ring is 1. The van der Waals surface area contributed by atoms with Crippen LogP contribution in [0.1, 0.15) is 28.8 Å². The first kappa shape index (κ1) is 11.9. The predicted molar refractivity (Wildman–Crippen MR) is 66.9 cm³/mol. The molecule has 0 radical (unpaired) electrons. The van der Waals surface area contributed by atoms with Crippen molar-refractivity contribution in [2.75, 3.05) is 12.8 Å². The third-order valence-electron chi connectivity index (χ3n) is 3.38. The molecule has 1 aromatic rings. The quantitative estimate of drug-likeness (QED) is 0.779. The Hall–Kier alpha value is -1.55. The molecule has 1 aromatic carbocycles. The summed E-state index contributed by atoms with van der Waals surface area (Å²) < 4.78 is 5.18. The molecule has 1 aliphatic rings. The third-order valence-corrected chi connectivity index (χ3v) is 3.38. The molecule has 0 aromatic heterocycles. The second kappa shape index (κ2) is 4.75. The highest BCUT2D eigenvalue weighted by atomic mass is 16.5. The largest absolute Gasteiger partial charge is 0.398 e. The molecule has 3 N–H and O–H groups in total. The van der Waals surface area contributed by atoms with Crippen molar-refractivity contribution in [3.05, 3.63) is 29.3 Å². The number of hydrogen-bond donors (Lipinski definition) is 2. The van der Waals surface area contributed by atoms with Crippen molar-refractivity contribution in [1.29, 1.82) is 0 Å². The average molecular weight is 234 g/mol. The molecule has 4 nitrogen and oxygen atoms in total. The van der Waals surface area contributed by atoms with Gasteiger partial charge < -0.3 is 15.8 Å². The van der Waals surface area contributed by atoms with E-state index in [4.69, 9.17) is 10.5 Å². The van der Waals surface area contributed by atoms with Crippen molar-refractivity contribution in [2.45, 2.75) is 31.9 Å². The molecule has 2 rings (SSSR count). The van der Waals surface area contributed by atoms with Crippen LogP contribution in [0.2, 0.25) is 0 Å². The average Bonchev–Trinajstić information content (AvgIpc) is 2.26. The second-order valence-electron chi connectivity index (χ2n) is 4.52. The van der Waals surface area contributed by atoms with Crippen LogP contribution in [0, 0.1) is 6.92 Å². The lowest BCUT2D eigenvalue weighted by molar-refractivity contribution is 0.0176. The van der Waals surface area contributed by atoms with Gasteiger partial charge in [0.05, 0.1) is 6.10 Å². The molecule has 92 valence electrons. The number of carbonyl (C=O) groups is 1. The van der Waals surface area contributed by atoms with Crippen LogP contribution in [0.4, 0.5) is 5.69 Å². The second-order valence-corrected chi connectivity index (χ2v) is 4.52. The highest BCUT2D eigenvalue weighted by molar-refractivity contribution is 5.97. The van der Waals surface area contributed by atoms with Gasteiger partial charge in [0.2, 0.25) is 0 Å². The zero-order valence-electron chi connectivity index (χ0n) is 10.2. The number of rotatable bonds is 3. The van der Waals surface area contributed by atoms with E-state index >= 15 is 0 Å². The Morgan fingerprint density at radius 1 is 1.47 bits per heavy atom. The Balaban J connectivity index is 1.99. The van der Waals surface area contributed by atoms with Gasteiger partial charge >= 0.3 is 0 Å². The van der Waals surface area contributed by atoms with E-state index < -0.39 is 0 Å². The minimum absolute atomic E-state index is 0.0469. The number of nitrogens with one attached hydrogen (secondary N) is 1. The first-order valence-corrected chi connectivity index (χ1v) is 5.80. The Bertz CT molecular complexity index is 425. The summed E-state index contributed by atoms with van der Waals surface area (Å²) in [5.41, 5.74) is 7.93. The first-order chi connectivity index (χ1) is 8.11. The molecule has 0 spiro atoms. The minimum Gasteiger partial charge on any atom is -0.398 e. The molecule has 1 amide bonds. The van der Waals surface area contributed by atoms with E-state index in [2.05, 4.69) is 5.32 Å². The maximum atomic E-state index is 12.0. The SMILES string of the molecule is COC1CC(NC(=O)c2cccc(N)c2C)C1. The van der Waals surface area contributed by atoms with Crippen LogP contribution < -0.4 is 11.1 Å². The van der Waals surface area contributed by atoms with Crippen molar-refractivity contribution in [3.8, 4) is 0 Å². The van der Waals surface area contributed by atoms with Crippen LogP contribution in [-0.2, 0) is 4.74 Å². The standard InChI is InChI=1S/C13H18N2O2/c1-8-11(4-3-5-12(8)14)13(16)15-9-6-10(7-9)17-2/h3-5,9-10H,6-7,14H2,1-2H3,(H,15,16). The zero-order valence-corrected chi connectivity index (χ0v) is 10.2. The summed E-state index contributed by atoms with van der Waals surface area (Å²) in [5, 5.41) is 2.99. The molecule has 0 heterocycles. The van der Waals surface area contributed by atoms with Gasteiger partial charge in [-0.25, -0.2) is 0 Å². The van der Waals surface area contributed by atoms with Crippen molar-refractivity contribution in [2.24, 2.45) is 0 Å². The summed E-state index contributed by atoms with van der Waals surface area (Å²) >= 11 is 0. The summed E-state index contributed by atoms with van der Waals surface area (Å²) in [5.74, 6) is -0.0469. The molecule has 4 heteroatoms. The van der Waals surface area contributed by atoms with E-state index in [0.29, 0.717) is 17.4 Å². The Labute approximate surface area is 101 Å². The van der Waals surface area contributed by atoms with Crippen molar-refractivity contribution in [1.82, 2.24) is 5.32 Å². The van der Waals surface area contributed by atoms with E-state index in [-0.39, 0.29) is 11.9 Å². The summed E-state index contributed by atoms with van der Waals surface area (Å²) in [6, 6.07) is 5.63. The monoisotopic (exact) mass is 234 g/mol. The fourth-order valence-electron chi connectivity index (χ4n) is 2.04. The van der Waals surface area contributed by atoms with Gasteiger partial charge in [-0.3, -0.25) is 4.79 Å². The van der Waals surface area contributed by atoms with Gasteiger partial charge in [-0.2, -0.15) is 0 Å². The Kier molecular flexibility index (Phi) is 3.33. The Morgan fingerprint density at radius 2 is 2.18 bits per heavy atom. The lowest BCUT2D eigenvalue weighted by Crippen LogP contribution is -2.47. The molecular formula is C13H18N2O2. The van der Waals surface area contributed by atoms with Crippen molar-refractivity contribution in [3.63, 3.8) is 0 Å². The van der Waals surface area contributed by atoms with Crippen LogP contribution in [0.3, 0.4) is 0 Å². The topological polar surface area (TPSA) is 64.3 Å². The van der Waals surface area contributed by atoms with Gasteiger partial charge in [-0.05, 0) is 37.5 Å². The predicted octanol–water partition coefficient (Wildman–Crippen LogP) is 1.48. The highest BCUT2D eigenvalue weighted by Gasteiger charge is 2.30. The lowest BCUT2D eigenvalue weighted by atomic mass is 9.89. The lowest BCUT2D eigenvalue weighted by Gasteiger charge is -2.34. The van der Waals surface area contributed by atoms with Crippen molar-refractivity contribution >= 4 is 11.6 Å². The first-order valence-electron chi connectivity index (χ1n) is 5.80. The van der Waals surface area contributed by atoms with E-state index in [1.807, 2.05) is 6.92 Å². The maximum absolute atomic E-state index is 12.0. The summed E-state index contributed by atoms with van der Waals surface area (Å²) in [6.45, 7) is 1.86. The van der Waals surface area contributed by atoms with Crippen LogP contribution in [0.25, 0.3) is 0 Å². The van der Waals surface area contributed by atoms with Crippen LogP contribution in [-0.4, -0.2) is 25.2 Å². The van der Waals surface area contributed by atoms with Gasteiger partial charge in [-0.15, -0.1) is 0 Å². The number of anilines is 1. The number of nitrogens with two attached hydrogens (primary N) is 1. The number of methoxy groups -OCH3 is 1. The molecule has 1 saturated carbocycles. The number of hydrogen-bond acceptors (Lipinski definition) is 3. The van der Waals surface area contributed by atoms with Gasteiger partial charge in [0.1, 0.15) is 0 Å². The Morgan fingerprint density at radius 3 is 2.82 bits per heavy atom. The molecule has 17 heavy (non-hydrogen) atoms. The van der Waals surface area contributed by atoms with Crippen molar-refractivity contribution < 1.29 is 9.53 Å². The highest BCUT2D eigenvalue weighted by Crippen LogP contribution is 2.23. The zero-order chi connectivity index (χ0) is 12.4. The molecule has 1 fully saturated rings. The number of benzene rings is 1. The number of carbonyl (C=O) groups excluding carboxylic acids is 1. The maximum Gasteiger partial charge on any atom is 0.251 e. The van der Waals surface area contributed by atoms with Crippen LogP contribution in [0.5, 0.6) is 0 Å². The number of amides is 1. The fourth-order valence-corrected chi connectivity index (χ4v) is 2.04. The fraction of sp³-hybridized carbons (Fsp3) is 0.462. The van der Waals surface area contributed by atoms with E-state index in [1.54, 1.807) is 25.3 Å². The minimum atomic E-state index is -0.0469. The smallest absolute Gasteiger partial charge is 0.251 e. The van der Waals surface area contributed by atoms with E-state index in [1.165, 1.54) is 0 Å². The molecule has 0 aliphatic heterocycles. The van der Waals surface area contributed by atoms with E-state index in [9.17, 15) is 4.79 Å². The molecular weight excluding hydrogens is 216 g/mol. The molecule has 0 bridgehead atoms. The summed E-state index contributed by atoms with van der Waals surface area (Å²) in [6.07, 6.45) is 2.08. The van der Waals surface area contributed by atoms with Gasteiger partial charge in [0, 0.05) is 24.4 Å².